The number of hydrogen-bond donors (Lipinski definition) is 3. The van der Waals surface area contributed by atoms with Crippen LogP contribution >= 0.6 is 34.8 Å². The van der Waals surface area contributed by atoms with Gasteiger partial charge in [0.1, 0.15) is 0 Å². The molecule has 0 bridgehead atoms. The second kappa shape index (κ2) is 7.48. The molecule has 6 nitrogen and oxygen atoms in total. The highest BCUT2D eigenvalue weighted by atomic mass is 35.5. The molecule has 0 radical (unpaired) electrons. The van der Waals surface area contributed by atoms with E-state index in [0.717, 1.165) is 6.26 Å². The second-order valence-corrected chi connectivity index (χ2v) is 7.78. The molecule has 2 rings (SSSR count). The lowest BCUT2D eigenvalue weighted by atomic mass is 10.2. The van der Waals surface area contributed by atoms with Crippen molar-refractivity contribution in [1.82, 2.24) is 5.43 Å². The van der Waals surface area contributed by atoms with Crippen LogP contribution in [0.15, 0.2) is 36.4 Å². The van der Waals surface area contributed by atoms with Gasteiger partial charge in [-0.1, -0.05) is 40.9 Å². The normalized spacial score (nSPS) is 11.0. The molecule has 0 aliphatic rings. The van der Waals surface area contributed by atoms with Crippen LogP contribution in [-0.4, -0.2) is 20.6 Å². The van der Waals surface area contributed by atoms with Gasteiger partial charge in [0.25, 0.3) is 5.91 Å². The summed E-state index contributed by atoms with van der Waals surface area (Å²) in [4.78, 5) is 12.2. The highest BCUT2D eigenvalue weighted by Gasteiger charge is 2.11. The van der Waals surface area contributed by atoms with Crippen molar-refractivity contribution in [1.29, 1.82) is 0 Å². The molecule has 3 N–H and O–H groups in total. The van der Waals surface area contributed by atoms with Gasteiger partial charge in [-0.3, -0.25) is 20.4 Å². The third-order valence-electron chi connectivity index (χ3n) is 2.74. The molecule has 128 valence electrons. The summed E-state index contributed by atoms with van der Waals surface area (Å²) in [5.74, 6) is -0.505. The molecule has 2 aromatic rings. The fourth-order valence-corrected chi connectivity index (χ4v) is 3.26. The standard InChI is InChI=1S/C14H12Cl3N3O3S/c1-24(22,23)20-10-4-2-3-8(5-10)14(21)19-18-13-11(16)6-9(15)7-12(13)17/h2-7,18,20H,1H3,(H,19,21). The maximum Gasteiger partial charge on any atom is 0.269 e. The first-order valence-electron chi connectivity index (χ1n) is 6.44. The van der Waals surface area contributed by atoms with Crippen LogP contribution in [0.2, 0.25) is 15.1 Å². The molecule has 0 aliphatic carbocycles. The van der Waals surface area contributed by atoms with Gasteiger partial charge in [0.05, 0.1) is 22.0 Å². The Morgan fingerprint density at radius 2 is 1.67 bits per heavy atom. The molecule has 2 aromatic carbocycles. The Labute approximate surface area is 154 Å². The van der Waals surface area contributed by atoms with Crippen LogP contribution in [0, 0.1) is 0 Å². The van der Waals surface area contributed by atoms with Crippen LogP contribution in [0.5, 0.6) is 0 Å². The second-order valence-electron chi connectivity index (χ2n) is 4.78. The van der Waals surface area contributed by atoms with Crippen LogP contribution in [0.3, 0.4) is 0 Å². The molecule has 10 heteroatoms. The van der Waals surface area contributed by atoms with Gasteiger partial charge in [0, 0.05) is 16.3 Å². The number of benzene rings is 2. The average molecular weight is 409 g/mol. The molecule has 0 unspecified atom stereocenters. The molecule has 0 aromatic heterocycles. The number of halogens is 3. The number of hydrazine groups is 1. The summed E-state index contributed by atoms with van der Waals surface area (Å²) in [6.45, 7) is 0. The van der Waals surface area contributed by atoms with E-state index in [-0.39, 0.29) is 21.3 Å². The first kappa shape index (κ1) is 18.7. The Kier molecular flexibility index (Phi) is 5.82. The summed E-state index contributed by atoms with van der Waals surface area (Å²) in [7, 11) is -3.43. The largest absolute Gasteiger partial charge is 0.295 e. The molecule has 0 heterocycles. The van der Waals surface area contributed by atoms with Gasteiger partial charge in [0.2, 0.25) is 10.0 Å². The van der Waals surface area contributed by atoms with Crippen LogP contribution < -0.4 is 15.6 Å². The Morgan fingerprint density at radius 1 is 1.04 bits per heavy atom. The summed E-state index contributed by atoms with van der Waals surface area (Å²) in [6.07, 6.45) is 1.02. The number of amides is 1. The summed E-state index contributed by atoms with van der Waals surface area (Å²) in [5.41, 5.74) is 5.84. The van der Waals surface area contributed by atoms with Gasteiger partial charge in [-0.15, -0.1) is 0 Å². The molecule has 24 heavy (non-hydrogen) atoms. The van der Waals surface area contributed by atoms with E-state index < -0.39 is 15.9 Å². The molecule has 0 saturated heterocycles. The fourth-order valence-electron chi connectivity index (χ4n) is 1.79. The molecule has 0 aliphatic heterocycles. The van der Waals surface area contributed by atoms with Crippen molar-refractivity contribution in [3.63, 3.8) is 0 Å². The molecular formula is C14H12Cl3N3O3S. The van der Waals surface area contributed by atoms with Gasteiger partial charge < -0.3 is 0 Å². The predicted octanol–water partition coefficient (Wildman–Crippen LogP) is 3.78. The Morgan fingerprint density at radius 3 is 2.25 bits per heavy atom. The van der Waals surface area contributed by atoms with Crippen LogP contribution in [0.25, 0.3) is 0 Å². The lowest BCUT2D eigenvalue weighted by molar-refractivity contribution is 0.0962. The predicted molar refractivity (Wildman–Crippen MR) is 97.5 cm³/mol. The van der Waals surface area contributed by atoms with Gasteiger partial charge in [0.15, 0.2) is 0 Å². The maximum atomic E-state index is 12.2. The summed E-state index contributed by atoms with van der Waals surface area (Å²) in [6, 6.07) is 8.93. The SMILES string of the molecule is CS(=O)(=O)Nc1cccc(C(=O)NNc2c(Cl)cc(Cl)cc2Cl)c1. The Bertz CT molecular complexity index is 865. The van der Waals surface area contributed by atoms with E-state index >= 15 is 0 Å². The van der Waals surface area contributed by atoms with E-state index in [1.807, 2.05) is 0 Å². The lowest BCUT2D eigenvalue weighted by Crippen LogP contribution is -2.29. The first-order chi connectivity index (χ1) is 11.2. The summed E-state index contributed by atoms with van der Waals surface area (Å²) in [5, 5.41) is 0.835. The van der Waals surface area contributed by atoms with Gasteiger partial charge >= 0.3 is 0 Å². The first-order valence-corrected chi connectivity index (χ1v) is 9.47. The zero-order valence-electron chi connectivity index (χ0n) is 12.2. The smallest absolute Gasteiger partial charge is 0.269 e. The molecule has 0 fully saturated rings. The van der Waals surface area contributed by atoms with Crippen molar-refractivity contribution in [2.45, 2.75) is 0 Å². The quantitative estimate of drug-likeness (QED) is 0.657. The van der Waals surface area contributed by atoms with Gasteiger partial charge in [-0.25, -0.2) is 8.42 Å². The van der Waals surface area contributed by atoms with E-state index in [1.165, 1.54) is 30.3 Å². The fraction of sp³-hybridized carbons (Fsp3) is 0.0714. The average Bonchev–Trinajstić information content (AvgIpc) is 2.44. The monoisotopic (exact) mass is 407 g/mol. The highest BCUT2D eigenvalue weighted by molar-refractivity contribution is 7.92. The number of nitrogens with one attached hydrogen (secondary N) is 3. The van der Waals surface area contributed by atoms with Gasteiger partial charge in [-0.05, 0) is 30.3 Å². The van der Waals surface area contributed by atoms with E-state index in [9.17, 15) is 13.2 Å². The summed E-state index contributed by atoms with van der Waals surface area (Å²) >= 11 is 17.8. The minimum Gasteiger partial charge on any atom is -0.295 e. The minimum absolute atomic E-state index is 0.234. The number of carbonyl (C=O) groups is 1. The number of rotatable bonds is 5. The van der Waals surface area contributed by atoms with Crippen LogP contribution in [0.4, 0.5) is 11.4 Å². The van der Waals surface area contributed by atoms with E-state index in [4.69, 9.17) is 34.8 Å². The van der Waals surface area contributed by atoms with Gasteiger partial charge in [-0.2, -0.15) is 0 Å². The van der Waals surface area contributed by atoms with Crippen molar-refractivity contribution in [3.05, 3.63) is 57.0 Å². The Hall–Kier alpha value is -1.67. The molecule has 1 amide bonds. The number of sulfonamides is 1. The van der Waals surface area contributed by atoms with E-state index in [1.54, 1.807) is 6.07 Å². The summed E-state index contributed by atoms with van der Waals surface area (Å²) < 4.78 is 24.8. The van der Waals surface area contributed by atoms with Crippen molar-refractivity contribution >= 4 is 62.1 Å². The number of carbonyl (C=O) groups excluding carboxylic acids is 1. The van der Waals surface area contributed by atoms with Crippen LogP contribution in [-0.2, 0) is 10.0 Å². The number of anilines is 2. The molecule has 0 atom stereocenters. The third kappa shape index (κ3) is 5.17. The lowest BCUT2D eigenvalue weighted by Gasteiger charge is -2.12. The third-order valence-corrected chi connectivity index (χ3v) is 4.16. The highest BCUT2D eigenvalue weighted by Crippen LogP contribution is 2.33. The molecule has 0 saturated carbocycles. The zero-order chi connectivity index (χ0) is 17.9. The molecule has 0 spiro atoms. The minimum atomic E-state index is -3.43. The Balaban J connectivity index is 2.12. The van der Waals surface area contributed by atoms with Crippen molar-refractivity contribution in [2.75, 3.05) is 16.4 Å². The van der Waals surface area contributed by atoms with E-state index in [0.29, 0.717) is 10.7 Å². The molecular weight excluding hydrogens is 397 g/mol. The zero-order valence-corrected chi connectivity index (χ0v) is 15.3. The topological polar surface area (TPSA) is 87.3 Å². The van der Waals surface area contributed by atoms with Crippen molar-refractivity contribution < 1.29 is 13.2 Å². The van der Waals surface area contributed by atoms with Crippen molar-refractivity contribution in [2.24, 2.45) is 0 Å². The van der Waals surface area contributed by atoms with E-state index in [2.05, 4.69) is 15.6 Å². The maximum absolute atomic E-state index is 12.2. The number of hydrogen-bond acceptors (Lipinski definition) is 4. The van der Waals surface area contributed by atoms with Crippen molar-refractivity contribution in [3.8, 4) is 0 Å². The van der Waals surface area contributed by atoms with Crippen LogP contribution in [0.1, 0.15) is 10.4 Å².